The molecular formula is C14H27F3N2. The predicted octanol–water partition coefficient (Wildman–Crippen LogP) is 3.43. The van der Waals surface area contributed by atoms with Crippen molar-refractivity contribution in [2.75, 3.05) is 19.6 Å². The van der Waals surface area contributed by atoms with Crippen molar-refractivity contribution in [1.82, 2.24) is 10.2 Å². The van der Waals surface area contributed by atoms with Crippen LogP contribution in [0.4, 0.5) is 13.2 Å². The van der Waals surface area contributed by atoms with Crippen molar-refractivity contribution in [2.24, 2.45) is 5.92 Å². The predicted molar refractivity (Wildman–Crippen MR) is 72.2 cm³/mol. The maximum absolute atomic E-state index is 12.2. The fourth-order valence-corrected chi connectivity index (χ4v) is 2.73. The highest BCUT2D eigenvalue weighted by molar-refractivity contribution is 4.81. The molecule has 0 bridgehead atoms. The Kier molecular flexibility index (Phi) is 6.60. The lowest BCUT2D eigenvalue weighted by molar-refractivity contribution is -0.136. The van der Waals surface area contributed by atoms with Gasteiger partial charge in [0.1, 0.15) is 0 Å². The van der Waals surface area contributed by atoms with E-state index in [0.29, 0.717) is 24.5 Å². The van der Waals surface area contributed by atoms with Gasteiger partial charge in [-0.3, -0.25) is 4.90 Å². The van der Waals surface area contributed by atoms with Crippen molar-refractivity contribution < 1.29 is 13.2 Å². The first kappa shape index (κ1) is 16.8. The molecule has 5 heteroatoms. The summed E-state index contributed by atoms with van der Waals surface area (Å²) in [7, 11) is 0. The molecule has 1 fully saturated rings. The van der Waals surface area contributed by atoms with E-state index in [1.807, 2.05) is 0 Å². The summed E-state index contributed by atoms with van der Waals surface area (Å²) in [6.07, 6.45) is -2.38. The van der Waals surface area contributed by atoms with Crippen LogP contribution in [-0.4, -0.2) is 42.8 Å². The van der Waals surface area contributed by atoms with Crippen LogP contribution in [0.5, 0.6) is 0 Å². The minimum atomic E-state index is -4.02. The van der Waals surface area contributed by atoms with E-state index < -0.39 is 12.6 Å². The molecule has 0 aromatic rings. The van der Waals surface area contributed by atoms with Gasteiger partial charge in [-0.1, -0.05) is 13.8 Å². The van der Waals surface area contributed by atoms with Crippen molar-refractivity contribution in [3.8, 4) is 0 Å². The molecule has 114 valence electrons. The Balaban J connectivity index is 2.43. The molecule has 0 aromatic heterocycles. The van der Waals surface area contributed by atoms with Crippen LogP contribution in [-0.2, 0) is 0 Å². The summed E-state index contributed by atoms with van der Waals surface area (Å²) < 4.78 is 36.6. The van der Waals surface area contributed by atoms with E-state index in [0.717, 1.165) is 25.9 Å². The van der Waals surface area contributed by atoms with E-state index in [1.54, 1.807) is 0 Å². The minimum Gasteiger partial charge on any atom is -0.313 e. The maximum Gasteiger partial charge on any atom is 0.389 e. The number of nitrogens with zero attached hydrogens (tertiary/aromatic N) is 1. The van der Waals surface area contributed by atoms with Gasteiger partial charge in [0.25, 0.3) is 0 Å². The van der Waals surface area contributed by atoms with Gasteiger partial charge < -0.3 is 5.32 Å². The van der Waals surface area contributed by atoms with Crippen LogP contribution in [0.1, 0.15) is 46.5 Å². The van der Waals surface area contributed by atoms with Gasteiger partial charge in [-0.15, -0.1) is 0 Å². The van der Waals surface area contributed by atoms with E-state index in [-0.39, 0.29) is 6.42 Å². The Bertz CT molecular complexity index is 254. The number of halogens is 3. The molecule has 1 aliphatic rings. The van der Waals surface area contributed by atoms with Crippen LogP contribution >= 0.6 is 0 Å². The van der Waals surface area contributed by atoms with E-state index in [1.165, 1.54) is 0 Å². The van der Waals surface area contributed by atoms with Gasteiger partial charge in [0.05, 0.1) is 0 Å². The van der Waals surface area contributed by atoms with E-state index in [2.05, 4.69) is 31.0 Å². The van der Waals surface area contributed by atoms with Gasteiger partial charge in [-0.25, -0.2) is 0 Å². The Labute approximate surface area is 114 Å². The molecule has 2 unspecified atom stereocenters. The summed E-state index contributed by atoms with van der Waals surface area (Å²) in [5.41, 5.74) is 0. The lowest BCUT2D eigenvalue weighted by Gasteiger charge is -2.29. The molecule has 0 amide bonds. The maximum atomic E-state index is 12.2. The largest absolute Gasteiger partial charge is 0.389 e. The average Bonchev–Trinajstić information content (AvgIpc) is 2.39. The fraction of sp³-hybridized carbons (Fsp3) is 1.00. The minimum absolute atomic E-state index is 0.211. The van der Waals surface area contributed by atoms with Crippen LogP contribution in [0.25, 0.3) is 0 Å². The first-order valence-electron chi connectivity index (χ1n) is 7.32. The van der Waals surface area contributed by atoms with Crippen LogP contribution in [0.2, 0.25) is 0 Å². The summed E-state index contributed by atoms with van der Waals surface area (Å²) in [5, 5.41) is 3.52. The van der Waals surface area contributed by atoms with Gasteiger partial charge in [0.2, 0.25) is 0 Å². The molecule has 0 aromatic carbocycles. The van der Waals surface area contributed by atoms with Crippen molar-refractivity contribution >= 4 is 0 Å². The quantitative estimate of drug-likeness (QED) is 0.830. The molecule has 2 atom stereocenters. The normalized spacial score (nSPS) is 26.7. The Morgan fingerprint density at radius 3 is 2.58 bits per heavy atom. The van der Waals surface area contributed by atoms with Crippen LogP contribution in [0.15, 0.2) is 0 Å². The fourth-order valence-electron chi connectivity index (χ4n) is 2.73. The topological polar surface area (TPSA) is 15.3 Å². The second-order valence-electron chi connectivity index (χ2n) is 6.13. The molecule has 1 rings (SSSR count). The standard InChI is InChI=1S/C14H27F3N2/c1-11(2)9-13-10-19(12(3)5-7-18-13)8-4-6-14(15,16)17/h11-13,18H,4-10H2,1-3H3. The molecular weight excluding hydrogens is 253 g/mol. The number of hydrogen-bond acceptors (Lipinski definition) is 2. The Hall–Kier alpha value is -0.290. The lowest BCUT2D eigenvalue weighted by atomic mass is 10.0. The molecule has 0 saturated carbocycles. The van der Waals surface area contributed by atoms with E-state index >= 15 is 0 Å². The summed E-state index contributed by atoms with van der Waals surface area (Å²) in [5.74, 6) is 0.614. The number of rotatable bonds is 5. The summed E-state index contributed by atoms with van der Waals surface area (Å²) in [4.78, 5) is 2.22. The number of nitrogens with one attached hydrogen (secondary N) is 1. The third kappa shape index (κ3) is 7.16. The molecule has 0 spiro atoms. The first-order valence-corrected chi connectivity index (χ1v) is 7.32. The lowest BCUT2D eigenvalue weighted by Crippen LogP contribution is -2.41. The third-order valence-electron chi connectivity index (χ3n) is 3.73. The first-order chi connectivity index (χ1) is 8.78. The molecule has 1 saturated heterocycles. The smallest absolute Gasteiger partial charge is 0.313 e. The number of alkyl halides is 3. The zero-order chi connectivity index (χ0) is 14.5. The summed E-state index contributed by atoms with van der Waals surface area (Å²) in [6, 6.07) is 0.786. The Morgan fingerprint density at radius 2 is 2.00 bits per heavy atom. The molecule has 1 heterocycles. The van der Waals surface area contributed by atoms with Crippen molar-refractivity contribution in [3.05, 3.63) is 0 Å². The zero-order valence-corrected chi connectivity index (χ0v) is 12.3. The van der Waals surface area contributed by atoms with Crippen molar-refractivity contribution in [1.29, 1.82) is 0 Å². The van der Waals surface area contributed by atoms with Gasteiger partial charge in [0.15, 0.2) is 0 Å². The van der Waals surface area contributed by atoms with Crippen LogP contribution < -0.4 is 5.32 Å². The Morgan fingerprint density at radius 1 is 1.32 bits per heavy atom. The molecule has 1 N–H and O–H groups in total. The molecule has 1 aliphatic heterocycles. The highest BCUT2D eigenvalue weighted by atomic mass is 19.4. The van der Waals surface area contributed by atoms with E-state index in [4.69, 9.17) is 0 Å². The van der Waals surface area contributed by atoms with Crippen LogP contribution in [0, 0.1) is 5.92 Å². The monoisotopic (exact) mass is 280 g/mol. The third-order valence-corrected chi connectivity index (χ3v) is 3.73. The molecule has 0 radical (unpaired) electrons. The van der Waals surface area contributed by atoms with Gasteiger partial charge in [0, 0.05) is 25.0 Å². The molecule has 19 heavy (non-hydrogen) atoms. The van der Waals surface area contributed by atoms with Crippen molar-refractivity contribution in [3.63, 3.8) is 0 Å². The summed E-state index contributed by atoms with van der Waals surface area (Å²) >= 11 is 0. The molecule has 2 nitrogen and oxygen atoms in total. The molecule has 0 aliphatic carbocycles. The van der Waals surface area contributed by atoms with Gasteiger partial charge >= 0.3 is 6.18 Å². The zero-order valence-electron chi connectivity index (χ0n) is 12.3. The van der Waals surface area contributed by atoms with Crippen molar-refractivity contribution in [2.45, 2.75) is 64.7 Å². The highest BCUT2D eigenvalue weighted by Gasteiger charge is 2.28. The van der Waals surface area contributed by atoms with Gasteiger partial charge in [-0.2, -0.15) is 13.2 Å². The van der Waals surface area contributed by atoms with Crippen LogP contribution in [0.3, 0.4) is 0 Å². The summed E-state index contributed by atoms with van der Waals surface area (Å²) in [6.45, 7) is 8.88. The SMILES string of the molecule is CC(C)CC1CN(CCCC(F)(F)F)C(C)CCN1. The van der Waals surface area contributed by atoms with Gasteiger partial charge in [-0.05, 0) is 45.2 Å². The average molecular weight is 280 g/mol. The second kappa shape index (κ2) is 7.48. The second-order valence-corrected chi connectivity index (χ2v) is 6.13. The van der Waals surface area contributed by atoms with E-state index in [9.17, 15) is 13.2 Å². The number of hydrogen-bond donors (Lipinski definition) is 1. The highest BCUT2D eigenvalue weighted by Crippen LogP contribution is 2.22.